The molecule has 0 aromatic rings. The average molecular weight is 229 g/mol. The highest BCUT2D eigenvalue weighted by molar-refractivity contribution is 6.49. The third-order valence-corrected chi connectivity index (χ3v) is 1.88. The molecule has 12 heavy (non-hydrogen) atoms. The normalized spacial score (nSPS) is 13.5. The van der Waals surface area contributed by atoms with Crippen LogP contribution >= 0.6 is 34.8 Å². The molecule has 0 aromatic carbocycles. The Morgan fingerprint density at radius 3 is 2.50 bits per heavy atom. The first-order chi connectivity index (χ1) is 5.37. The number of primary amides is 1. The van der Waals surface area contributed by atoms with Crippen molar-refractivity contribution in [1.82, 2.24) is 0 Å². The van der Waals surface area contributed by atoms with E-state index in [1.165, 1.54) is 0 Å². The van der Waals surface area contributed by atoms with Gasteiger partial charge in [0.15, 0.2) is 0 Å². The minimum atomic E-state index is -1.34. The molecule has 0 bridgehead atoms. The Labute approximate surface area is 85.4 Å². The molecule has 0 aliphatic rings. The Bertz CT molecular complexity index is 211. The lowest BCUT2D eigenvalue weighted by Gasteiger charge is -2.17. The molecule has 0 fully saturated rings. The van der Waals surface area contributed by atoms with Gasteiger partial charge in [0.25, 0.3) is 0 Å². The molecule has 0 radical (unpaired) electrons. The predicted octanol–water partition coefficient (Wildman–Crippen LogP) is 1.56. The molecule has 1 unspecified atom stereocenters. The number of nitrogens with zero attached hydrogens (tertiary/aromatic N) is 1. The van der Waals surface area contributed by atoms with Crippen LogP contribution in [0.4, 0.5) is 0 Å². The van der Waals surface area contributed by atoms with E-state index < -0.39 is 15.6 Å². The van der Waals surface area contributed by atoms with Gasteiger partial charge < -0.3 is 5.73 Å². The van der Waals surface area contributed by atoms with E-state index in [2.05, 4.69) is 0 Å². The van der Waals surface area contributed by atoms with Gasteiger partial charge in [-0.3, -0.25) is 4.79 Å². The number of halogens is 3. The molecule has 0 saturated heterocycles. The smallest absolute Gasteiger partial charge is 0.220 e. The van der Waals surface area contributed by atoms with Gasteiger partial charge >= 0.3 is 0 Å². The maximum Gasteiger partial charge on any atom is 0.220 e. The van der Waals surface area contributed by atoms with Crippen molar-refractivity contribution in [3.05, 3.63) is 0 Å². The average Bonchev–Trinajstić information content (AvgIpc) is 1.83. The molecule has 68 valence electrons. The molecule has 2 N–H and O–H groups in total. The number of amides is 1. The number of hydrogen-bond donors (Lipinski definition) is 1. The third-order valence-electron chi connectivity index (χ3n) is 1.05. The molecule has 0 aliphatic carbocycles. The number of carbonyl (C=O) groups excluding carboxylic acids is 1. The summed E-state index contributed by atoms with van der Waals surface area (Å²) >= 11 is 16.7. The predicted molar refractivity (Wildman–Crippen MR) is 48.1 cm³/mol. The topological polar surface area (TPSA) is 66.9 Å². The van der Waals surface area contributed by atoms with Crippen molar-refractivity contribution < 1.29 is 4.79 Å². The SMILES string of the molecule is N#CC(Cl)CC(Cl)(Cl)CC(N)=O. The third kappa shape index (κ3) is 5.48. The van der Waals surface area contributed by atoms with Gasteiger partial charge in [0.2, 0.25) is 5.91 Å². The quantitative estimate of drug-likeness (QED) is 0.743. The van der Waals surface area contributed by atoms with Crippen molar-refractivity contribution in [2.45, 2.75) is 22.6 Å². The van der Waals surface area contributed by atoms with Crippen LogP contribution in [0.1, 0.15) is 12.8 Å². The van der Waals surface area contributed by atoms with Gasteiger partial charge in [-0.05, 0) is 0 Å². The first kappa shape index (κ1) is 11.8. The van der Waals surface area contributed by atoms with E-state index in [0.717, 1.165) is 0 Å². The van der Waals surface area contributed by atoms with E-state index in [4.69, 9.17) is 45.8 Å². The van der Waals surface area contributed by atoms with E-state index >= 15 is 0 Å². The van der Waals surface area contributed by atoms with Gasteiger partial charge in [-0.15, -0.1) is 34.8 Å². The maximum atomic E-state index is 10.4. The monoisotopic (exact) mass is 228 g/mol. The van der Waals surface area contributed by atoms with Gasteiger partial charge in [-0.25, -0.2) is 0 Å². The molecule has 1 atom stereocenters. The highest BCUT2D eigenvalue weighted by Gasteiger charge is 2.29. The summed E-state index contributed by atoms with van der Waals surface area (Å²) < 4.78 is -1.34. The minimum Gasteiger partial charge on any atom is -0.370 e. The van der Waals surface area contributed by atoms with E-state index in [0.29, 0.717) is 0 Å². The van der Waals surface area contributed by atoms with Crippen LogP contribution in [0.25, 0.3) is 0 Å². The summed E-state index contributed by atoms with van der Waals surface area (Å²) in [5.41, 5.74) is 4.86. The van der Waals surface area contributed by atoms with Crippen molar-refractivity contribution in [1.29, 1.82) is 5.26 Å². The number of hydrogen-bond acceptors (Lipinski definition) is 2. The van der Waals surface area contributed by atoms with Crippen LogP contribution in [-0.4, -0.2) is 15.6 Å². The first-order valence-corrected chi connectivity index (χ1v) is 4.26. The largest absolute Gasteiger partial charge is 0.370 e. The first-order valence-electron chi connectivity index (χ1n) is 3.07. The molecular formula is C6H7Cl3N2O. The summed E-state index contributed by atoms with van der Waals surface area (Å²) in [6.07, 6.45) is -0.196. The van der Waals surface area contributed by atoms with E-state index in [9.17, 15) is 4.79 Å². The maximum absolute atomic E-state index is 10.4. The molecule has 0 spiro atoms. The fraction of sp³-hybridized carbons (Fsp3) is 0.667. The molecule has 0 rings (SSSR count). The van der Waals surface area contributed by atoms with Crippen molar-refractivity contribution in [2.75, 3.05) is 0 Å². The molecule has 0 aromatic heterocycles. The molecule has 6 heteroatoms. The zero-order valence-corrected chi connectivity index (χ0v) is 8.33. The van der Waals surface area contributed by atoms with Crippen molar-refractivity contribution >= 4 is 40.7 Å². The second kappa shape index (κ2) is 4.76. The summed E-state index contributed by atoms with van der Waals surface area (Å²) in [4.78, 5) is 10.4. The standard InChI is InChI=1S/C6H7Cl3N2O/c7-4(3-10)1-6(8,9)2-5(11)12/h4H,1-2H2,(H2,11,12). The van der Waals surface area contributed by atoms with Crippen molar-refractivity contribution in [3.8, 4) is 6.07 Å². The number of alkyl halides is 3. The van der Waals surface area contributed by atoms with Gasteiger partial charge in [0, 0.05) is 6.42 Å². The lowest BCUT2D eigenvalue weighted by atomic mass is 10.2. The number of nitrogens with two attached hydrogens (primary N) is 1. The summed E-state index contributed by atoms with van der Waals surface area (Å²) in [7, 11) is 0. The van der Waals surface area contributed by atoms with Gasteiger partial charge in [-0.1, -0.05) is 0 Å². The van der Waals surface area contributed by atoms with Crippen LogP contribution in [0.2, 0.25) is 0 Å². The number of carbonyl (C=O) groups is 1. The highest BCUT2D eigenvalue weighted by atomic mass is 35.5. The number of rotatable bonds is 4. The summed E-state index contributed by atoms with van der Waals surface area (Å²) in [6, 6.07) is 1.74. The zero-order valence-electron chi connectivity index (χ0n) is 6.06. The van der Waals surface area contributed by atoms with Gasteiger partial charge in [0.1, 0.15) is 9.71 Å². The molecule has 0 saturated carbocycles. The second-order valence-corrected chi connectivity index (χ2v) is 4.47. The second-order valence-electron chi connectivity index (χ2n) is 2.30. The van der Waals surface area contributed by atoms with Crippen molar-refractivity contribution in [3.63, 3.8) is 0 Å². The van der Waals surface area contributed by atoms with Crippen LogP contribution in [0.5, 0.6) is 0 Å². The van der Waals surface area contributed by atoms with Crippen LogP contribution in [0.3, 0.4) is 0 Å². The van der Waals surface area contributed by atoms with Crippen LogP contribution in [0, 0.1) is 11.3 Å². The Hall–Kier alpha value is -0.170. The van der Waals surface area contributed by atoms with Crippen molar-refractivity contribution in [2.24, 2.45) is 5.73 Å². The van der Waals surface area contributed by atoms with Crippen LogP contribution in [0.15, 0.2) is 0 Å². The molecule has 0 heterocycles. The summed E-state index contributed by atoms with van der Waals surface area (Å²) in [5, 5.41) is 7.51. The van der Waals surface area contributed by atoms with Gasteiger partial charge in [0.05, 0.1) is 12.5 Å². The van der Waals surface area contributed by atoms with Crippen LogP contribution < -0.4 is 5.73 Å². The Kier molecular flexibility index (Phi) is 4.69. The van der Waals surface area contributed by atoms with E-state index in [1.807, 2.05) is 0 Å². The molecule has 1 amide bonds. The summed E-state index contributed by atoms with van der Waals surface area (Å²) in [6.45, 7) is 0. The van der Waals surface area contributed by atoms with Crippen LogP contribution in [-0.2, 0) is 4.79 Å². The molecule has 0 aliphatic heterocycles. The molecule has 3 nitrogen and oxygen atoms in total. The minimum absolute atomic E-state index is 0.0110. The number of nitriles is 1. The fourth-order valence-corrected chi connectivity index (χ4v) is 1.63. The van der Waals surface area contributed by atoms with E-state index in [1.54, 1.807) is 6.07 Å². The Balaban J connectivity index is 4.05. The highest BCUT2D eigenvalue weighted by Crippen LogP contribution is 2.31. The Morgan fingerprint density at radius 2 is 2.17 bits per heavy atom. The Morgan fingerprint density at radius 1 is 1.67 bits per heavy atom. The van der Waals surface area contributed by atoms with E-state index in [-0.39, 0.29) is 12.8 Å². The fourth-order valence-electron chi connectivity index (χ4n) is 0.635. The van der Waals surface area contributed by atoms with Gasteiger partial charge in [-0.2, -0.15) is 5.26 Å². The lowest BCUT2D eigenvalue weighted by molar-refractivity contribution is -0.118. The lowest BCUT2D eigenvalue weighted by Crippen LogP contribution is -2.26. The zero-order chi connectivity index (χ0) is 9.78. The molecular weight excluding hydrogens is 222 g/mol. The summed E-state index contributed by atoms with van der Waals surface area (Å²) in [5.74, 6) is -0.623.